The summed E-state index contributed by atoms with van der Waals surface area (Å²) < 4.78 is 5.76. The number of nitrogens with zero attached hydrogens (tertiary/aromatic N) is 1. The predicted octanol–water partition coefficient (Wildman–Crippen LogP) is 5.98. The first-order valence-corrected chi connectivity index (χ1v) is 10.1. The van der Waals surface area contributed by atoms with E-state index in [2.05, 4.69) is 31.3 Å². The molecule has 5 heteroatoms. The molecule has 3 aromatic rings. The molecule has 0 spiro atoms. The average molecular weight is 421 g/mol. The van der Waals surface area contributed by atoms with E-state index in [1.54, 1.807) is 6.21 Å². The first-order valence-electron chi connectivity index (χ1n) is 9.72. The number of benzene rings is 3. The van der Waals surface area contributed by atoms with Crippen LogP contribution in [0.25, 0.3) is 0 Å². The summed E-state index contributed by atoms with van der Waals surface area (Å²) in [4.78, 5) is 12.2. The second-order valence-corrected chi connectivity index (χ2v) is 8.45. The molecule has 0 saturated heterocycles. The van der Waals surface area contributed by atoms with Gasteiger partial charge < -0.3 is 4.74 Å². The molecule has 0 heterocycles. The van der Waals surface area contributed by atoms with Crippen molar-refractivity contribution < 1.29 is 9.53 Å². The minimum atomic E-state index is -0.241. The Morgan fingerprint density at radius 2 is 1.60 bits per heavy atom. The summed E-state index contributed by atoms with van der Waals surface area (Å²) in [6.07, 6.45) is 1.60. The summed E-state index contributed by atoms with van der Waals surface area (Å²) in [5.74, 6) is 0.514. The predicted molar refractivity (Wildman–Crippen MR) is 122 cm³/mol. The third-order valence-electron chi connectivity index (χ3n) is 4.59. The van der Waals surface area contributed by atoms with E-state index in [0.29, 0.717) is 17.2 Å². The van der Waals surface area contributed by atoms with Crippen LogP contribution in [0.15, 0.2) is 77.9 Å². The van der Waals surface area contributed by atoms with E-state index in [1.165, 1.54) is 5.56 Å². The number of rotatable bonds is 6. The van der Waals surface area contributed by atoms with Crippen LogP contribution in [-0.2, 0) is 12.0 Å². The Labute approximate surface area is 182 Å². The molecule has 154 valence electrons. The Bertz CT molecular complexity index is 1000. The Morgan fingerprint density at radius 3 is 2.20 bits per heavy atom. The number of carbonyl (C=O) groups is 1. The van der Waals surface area contributed by atoms with Gasteiger partial charge in [0.05, 0.1) is 6.21 Å². The van der Waals surface area contributed by atoms with Gasteiger partial charge in [0, 0.05) is 10.6 Å². The van der Waals surface area contributed by atoms with Crippen LogP contribution in [-0.4, -0.2) is 12.1 Å². The van der Waals surface area contributed by atoms with Crippen LogP contribution >= 0.6 is 11.6 Å². The number of hydrogen-bond acceptors (Lipinski definition) is 3. The maximum Gasteiger partial charge on any atom is 0.271 e. The van der Waals surface area contributed by atoms with Crippen molar-refractivity contribution in [2.24, 2.45) is 5.10 Å². The number of halogens is 1. The van der Waals surface area contributed by atoms with Crippen LogP contribution in [0.1, 0.15) is 47.8 Å². The molecule has 0 aliphatic rings. The van der Waals surface area contributed by atoms with Gasteiger partial charge in [-0.05, 0) is 70.6 Å². The highest BCUT2D eigenvalue weighted by molar-refractivity contribution is 6.30. The molecule has 0 aromatic heterocycles. The second kappa shape index (κ2) is 9.59. The number of hydrazone groups is 1. The smallest absolute Gasteiger partial charge is 0.271 e. The summed E-state index contributed by atoms with van der Waals surface area (Å²) in [6, 6.07) is 22.6. The lowest BCUT2D eigenvalue weighted by atomic mass is 9.87. The third kappa shape index (κ3) is 6.19. The van der Waals surface area contributed by atoms with E-state index in [9.17, 15) is 4.79 Å². The van der Waals surface area contributed by atoms with E-state index < -0.39 is 0 Å². The third-order valence-corrected chi connectivity index (χ3v) is 4.84. The zero-order chi connectivity index (χ0) is 21.6. The molecule has 0 radical (unpaired) electrons. The van der Waals surface area contributed by atoms with Crippen LogP contribution in [0.2, 0.25) is 5.02 Å². The molecule has 0 aliphatic carbocycles. The van der Waals surface area contributed by atoms with E-state index in [4.69, 9.17) is 16.3 Å². The van der Waals surface area contributed by atoms with Crippen molar-refractivity contribution in [2.45, 2.75) is 32.8 Å². The fourth-order valence-electron chi connectivity index (χ4n) is 2.75. The molecular weight excluding hydrogens is 396 g/mol. The van der Waals surface area contributed by atoms with E-state index >= 15 is 0 Å². The number of ether oxygens (including phenoxy) is 1. The van der Waals surface area contributed by atoms with Crippen LogP contribution in [0.5, 0.6) is 5.75 Å². The molecule has 3 rings (SSSR count). The average Bonchev–Trinajstić information content (AvgIpc) is 2.74. The second-order valence-electron chi connectivity index (χ2n) is 8.01. The van der Waals surface area contributed by atoms with Crippen LogP contribution < -0.4 is 10.2 Å². The minimum Gasteiger partial charge on any atom is -0.489 e. The molecule has 0 atom stereocenters. The fourth-order valence-corrected chi connectivity index (χ4v) is 2.87. The number of carbonyl (C=O) groups excluding carboxylic acids is 1. The summed E-state index contributed by atoms with van der Waals surface area (Å²) in [5.41, 5.74) is 6.27. The molecule has 30 heavy (non-hydrogen) atoms. The molecule has 0 fully saturated rings. The first-order chi connectivity index (χ1) is 14.3. The van der Waals surface area contributed by atoms with E-state index in [1.807, 2.05) is 72.8 Å². The summed E-state index contributed by atoms with van der Waals surface area (Å²) in [7, 11) is 0. The molecule has 0 unspecified atom stereocenters. The normalized spacial score (nSPS) is 11.5. The molecule has 0 bridgehead atoms. The van der Waals surface area contributed by atoms with Crippen molar-refractivity contribution in [2.75, 3.05) is 0 Å². The monoisotopic (exact) mass is 420 g/mol. The SMILES string of the molecule is CC(C)(C)c1ccc(C(=O)N/N=C/c2ccc(OCc3ccc(Cl)cc3)cc2)cc1. The highest BCUT2D eigenvalue weighted by atomic mass is 35.5. The first kappa shape index (κ1) is 21.6. The summed E-state index contributed by atoms with van der Waals surface area (Å²) in [6.45, 7) is 6.88. The van der Waals surface area contributed by atoms with Gasteiger partial charge in [0.15, 0.2) is 0 Å². The number of hydrogen-bond donors (Lipinski definition) is 1. The van der Waals surface area contributed by atoms with Crippen LogP contribution in [0.3, 0.4) is 0 Å². The standard InChI is InChI=1S/C25H25ClN2O2/c1-25(2,3)21-10-8-20(9-11-21)24(29)28-27-16-18-6-14-23(15-7-18)30-17-19-4-12-22(26)13-5-19/h4-16H,17H2,1-3H3,(H,28,29)/b27-16+. The van der Waals surface area contributed by atoms with Gasteiger partial charge in [-0.3, -0.25) is 4.79 Å². The Morgan fingerprint density at radius 1 is 0.967 bits per heavy atom. The van der Waals surface area contributed by atoms with Gasteiger partial charge >= 0.3 is 0 Å². The van der Waals surface area contributed by atoms with Crippen molar-refractivity contribution in [3.8, 4) is 5.75 Å². The topological polar surface area (TPSA) is 50.7 Å². The van der Waals surface area contributed by atoms with Crippen molar-refractivity contribution >= 4 is 23.7 Å². The van der Waals surface area contributed by atoms with Gasteiger partial charge in [0.25, 0.3) is 5.91 Å². The summed E-state index contributed by atoms with van der Waals surface area (Å²) >= 11 is 5.89. The zero-order valence-electron chi connectivity index (χ0n) is 17.4. The highest BCUT2D eigenvalue weighted by Gasteiger charge is 2.14. The van der Waals surface area contributed by atoms with Gasteiger partial charge in [0.2, 0.25) is 0 Å². The lowest BCUT2D eigenvalue weighted by molar-refractivity contribution is 0.0955. The zero-order valence-corrected chi connectivity index (χ0v) is 18.1. The maximum atomic E-state index is 12.2. The van der Waals surface area contributed by atoms with E-state index in [-0.39, 0.29) is 11.3 Å². The number of amides is 1. The Kier molecular flexibility index (Phi) is 6.91. The van der Waals surface area contributed by atoms with Gasteiger partial charge in [-0.2, -0.15) is 5.10 Å². The van der Waals surface area contributed by atoms with Gasteiger partial charge in [0.1, 0.15) is 12.4 Å². The van der Waals surface area contributed by atoms with Crippen molar-refractivity contribution in [1.29, 1.82) is 0 Å². The number of nitrogens with one attached hydrogen (secondary N) is 1. The van der Waals surface area contributed by atoms with Gasteiger partial charge in [-0.1, -0.05) is 56.6 Å². The molecule has 3 aromatic carbocycles. The molecule has 1 N–H and O–H groups in total. The minimum absolute atomic E-state index is 0.0534. The highest BCUT2D eigenvalue weighted by Crippen LogP contribution is 2.22. The van der Waals surface area contributed by atoms with E-state index in [0.717, 1.165) is 16.9 Å². The van der Waals surface area contributed by atoms with Gasteiger partial charge in [-0.15, -0.1) is 0 Å². The molecule has 0 saturated carbocycles. The summed E-state index contributed by atoms with van der Waals surface area (Å²) in [5, 5.41) is 4.75. The Balaban J connectivity index is 1.51. The molecular formula is C25H25ClN2O2. The molecule has 1 amide bonds. The van der Waals surface area contributed by atoms with Crippen molar-refractivity contribution in [1.82, 2.24) is 5.43 Å². The largest absolute Gasteiger partial charge is 0.489 e. The van der Waals surface area contributed by atoms with Crippen LogP contribution in [0, 0.1) is 0 Å². The lowest BCUT2D eigenvalue weighted by Gasteiger charge is -2.18. The quantitative estimate of drug-likeness (QED) is 0.394. The maximum absolute atomic E-state index is 12.2. The van der Waals surface area contributed by atoms with Crippen molar-refractivity contribution in [3.05, 3.63) is 100 Å². The molecule has 0 aliphatic heterocycles. The lowest BCUT2D eigenvalue weighted by Crippen LogP contribution is -2.18. The Hall–Kier alpha value is -3.11. The fraction of sp³-hybridized carbons (Fsp3) is 0.200. The van der Waals surface area contributed by atoms with Crippen LogP contribution in [0.4, 0.5) is 0 Å². The molecule has 4 nitrogen and oxygen atoms in total. The van der Waals surface area contributed by atoms with Gasteiger partial charge in [-0.25, -0.2) is 5.43 Å². The van der Waals surface area contributed by atoms with Crippen molar-refractivity contribution in [3.63, 3.8) is 0 Å².